The number of rotatable bonds is 1. The van der Waals surface area contributed by atoms with Gasteiger partial charge in [-0.1, -0.05) is 25.1 Å². The fourth-order valence-electron chi connectivity index (χ4n) is 3.09. The topological polar surface area (TPSA) is 67.3 Å². The number of hydrogen-bond donors (Lipinski definition) is 0. The molecule has 1 saturated heterocycles. The van der Waals surface area contributed by atoms with Crippen molar-refractivity contribution in [2.45, 2.75) is 13.8 Å². The largest absolute Gasteiger partial charge is 0.336 e. The second kappa shape index (κ2) is 5.92. The molecule has 1 atom stereocenters. The Morgan fingerprint density at radius 1 is 1.30 bits per heavy atom. The van der Waals surface area contributed by atoms with Crippen LogP contribution in [0.5, 0.6) is 0 Å². The van der Waals surface area contributed by atoms with Crippen molar-refractivity contribution in [1.82, 2.24) is 9.88 Å². The molecule has 0 N–H and O–H groups in total. The lowest BCUT2D eigenvalue weighted by atomic mass is 10.1. The molecule has 0 radical (unpaired) electrons. The highest BCUT2D eigenvalue weighted by atomic mass is 32.2. The standard InChI is InChI=1S/C17H20N2O3S/c1-12-10-19(7-8-23(21,22)11-12)17(20)16-9-13(2)14-5-3-4-6-15(14)18-16/h3-6,9,12H,7-8,10-11H2,1-2H3. The first-order valence-corrected chi connectivity index (χ1v) is 9.54. The first-order valence-electron chi connectivity index (χ1n) is 7.72. The summed E-state index contributed by atoms with van der Waals surface area (Å²) in [6, 6.07) is 9.49. The summed E-state index contributed by atoms with van der Waals surface area (Å²) in [5.74, 6) is -0.0906. The molecular formula is C17H20N2O3S. The van der Waals surface area contributed by atoms with Crippen molar-refractivity contribution in [2.24, 2.45) is 5.92 Å². The Labute approximate surface area is 136 Å². The maximum atomic E-state index is 12.8. The molecule has 3 rings (SSSR count). The normalized spacial score (nSPS) is 21.1. The number of aromatic nitrogens is 1. The molecule has 0 saturated carbocycles. The highest BCUT2D eigenvalue weighted by molar-refractivity contribution is 7.91. The molecule has 1 fully saturated rings. The van der Waals surface area contributed by atoms with Crippen molar-refractivity contribution in [2.75, 3.05) is 24.6 Å². The van der Waals surface area contributed by atoms with E-state index in [2.05, 4.69) is 4.98 Å². The highest BCUT2D eigenvalue weighted by Crippen LogP contribution is 2.19. The molecule has 5 nitrogen and oxygen atoms in total. The lowest BCUT2D eigenvalue weighted by Crippen LogP contribution is -2.36. The van der Waals surface area contributed by atoms with Crippen LogP contribution in [0.25, 0.3) is 10.9 Å². The molecule has 1 aromatic heterocycles. The summed E-state index contributed by atoms with van der Waals surface area (Å²) in [5, 5.41) is 1.02. The lowest BCUT2D eigenvalue weighted by molar-refractivity contribution is 0.0746. The summed E-state index contributed by atoms with van der Waals surface area (Å²) in [4.78, 5) is 18.9. The Balaban J connectivity index is 1.94. The van der Waals surface area contributed by atoms with Crippen LogP contribution in [-0.2, 0) is 9.84 Å². The van der Waals surface area contributed by atoms with Gasteiger partial charge in [0, 0.05) is 18.5 Å². The summed E-state index contributed by atoms with van der Waals surface area (Å²) in [6.07, 6.45) is 0. The molecule has 1 amide bonds. The predicted octanol–water partition coefficient (Wildman–Crippen LogP) is 2.05. The van der Waals surface area contributed by atoms with E-state index in [1.807, 2.05) is 38.1 Å². The van der Waals surface area contributed by atoms with E-state index >= 15 is 0 Å². The zero-order chi connectivity index (χ0) is 16.6. The van der Waals surface area contributed by atoms with Crippen LogP contribution in [0.4, 0.5) is 0 Å². The molecular weight excluding hydrogens is 312 g/mol. The summed E-state index contributed by atoms with van der Waals surface area (Å²) in [7, 11) is -3.07. The number of aryl methyl sites for hydroxylation is 1. The van der Waals surface area contributed by atoms with Gasteiger partial charge < -0.3 is 4.90 Å². The Morgan fingerprint density at radius 3 is 2.83 bits per heavy atom. The Bertz CT molecular complexity index is 861. The first kappa shape index (κ1) is 15.9. The van der Waals surface area contributed by atoms with Gasteiger partial charge in [-0.2, -0.15) is 0 Å². The summed E-state index contributed by atoms with van der Waals surface area (Å²) >= 11 is 0. The third-order valence-corrected chi connectivity index (χ3v) is 6.05. The smallest absolute Gasteiger partial charge is 0.272 e. The second-order valence-electron chi connectivity index (χ2n) is 6.31. The molecule has 2 aromatic rings. The number of hydrogen-bond acceptors (Lipinski definition) is 4. The van der Waals surface area contributed by atoms with Gasteiger partial charge in [0.2, 0.25) is 0 Å². The van der Waals surface area contributed by atoms with Crippen LogP contribution in [0.3, 0.4) is 0 Å². The molecule has 23 heavy (non-hydrogen) atoms. The van der Waals surface area contributed by atoms with Gasteiger partial charge in [-0.15, -0.1) is 0 Å². The number of pyridine rings is 1. The summed E-state index contributed by atoms with van der Waals surface area (Å²) in [5.41, 5.74) is 2.16. The van der Waals surface area contributed by atoms with E-state index in [1.165, 1.54) is 0 Å². The number of nitrogens with zero attached hydrogens (tertiary/aromatic N) is 2. The maximum Gasteiger partial charge on any atom is 0.272 e. The number of amides is 1. The lowest BCUT2D eigenvalue weighted by Gasteiger charge is -2.22. The fourth-order valence-corrected chi connectivity index (χ4v) is 4.73. The van der Waals surface area contributed by atoms with Crippen molar-refractivity contribution >= 4 is 26.6 Å². The molecule has 1 aliphatic heterocycles. The van der Waals surface area contributed by atoms with Crippen molar-refractivity contribution in [3.05, 3.63) is 41.6 Å². The first-order chi connectivity index (χ1) is 10.9. The summed E-state index contributed by atoms with van der Waals surface area (Å²) in [6.45, 7) is 4.50. The van der Waals surface area contributed by atoms with Crippen LogP contribution < -0.4 is 0 Å². The van der Waals surface area contributed by atoms with E-state index in [0.717, 1.165) is 16.5 Å². The van der Waals surface area contributed by atoms with Crippen molar-refractivity contribution in [3.63, 3.8) is 0 Å². The van der Waals surface area contributed by atoms with Crippen LogP contribution in [0.2, 0.25) is 0 Å². The fraction of sp³-hybridized carbons (Fsp3) is 0.412. The minimum atomic E-state index is -3.07. The van der Waals surface area contributed by atoms with Crippen LogP contribution in [0, 0.1) is 12.8 Å². The predicted molar refractivity (Wildman–Crippen MR) is 90.2 cm³/mol. The maximum absolute atomic E-state index is 12.8. The van der Waals surface area contributed by atoms with E-state index in [9.17, 15) is 13.2 Å². The van der Waals surface area contributed by atoms with E-state index in [4.69, 9.17) is 0 Å². The van der Waals surface area contributed by atoms with Crippen LogP contribution in [0.15, 0.2) is 30.3 Å². The van der Waals surface area contributed by atoms with Crippen molar-refractivity contribution in [1.29, 1.82) is 0 Å². The van der Waals surface area contributed by atoms with Crippen LogP contribution in [0.1, 0.15) is 23.0 Å². The molecule has 1 unspecified atom stereocenters. The van der Waals surface area contributed by atoms with Crippen molar-refractivity contribution < 1.29 is 13.2 Å². The number of fused-ring (bicyclic) bond motifs is 1. The van der Waals surface area contributed by atoms with Gasteiger partial charge in [-0.05, 0) is 30.5 Å². The Hall–Kier alpha value is -1.95. The van der Waals surface area contributed by atoms with E-state index in [-0.39, 0.29) is 29.9 Å². The number of sulfone groups is 1. The van der Waals surface area contributed by atoms with Gasteiger partial charge in [0.05, 0.1) is 17.0 Å². The third-order valence-electron chi connectivity index (χ3n) is 4.17. The summed E-state index contributed by atoms with van der Waals surface area (Å²) < 4.78 is 23.7. The van der Waals surface area contributed by atoms with Crippen molar-refractivity contribution in [3.8, 4) is 0 Å². The van der Waals surface area contributed by atoms with E-state index in [1.54, 1.807) is 11.0 Å². The molecule has 6 heteroatoms. The van der Waals surface area contributed by atoms with Gasteiger partial charge in [-0.25, -0.2) is 13.4 Å². The minimum Gasteiger partial charge on any atom is -0.336 e. The molecule has 122 valence electrons. The van der Waals surface area contributed by atoms with Gasteiger partial charge in [-0.3, -0.25) is 4.79 Å². The SMILES string of the molecule is Cc1cc(C(=O)N2CCS(=O)(=O)CC(C)C2)nc2ccccc12. The second-order valence-corrected chi connectivity index (χ2v) is 8.54. The number of carbonyl (C=O) groups is 1. The zero-order valence-electron chi connectivity index (χ0n) is 13.3. The van der Waals surface area contributed by atoms with Crippen LogP contribution in [-0.4, -0.2) is 48.8 Å². The Morgan fingerprint density at radius 2 is 2.04 bits per heavy atom. The average Bonchev–Trinajstić information content (AvgIpc) is 2.63. The number of para-hydroxylation sites is 1. The van der Waals surface area contributed by atoms with E-state index < -0.39 is 9.84 Å². The molecule has 2 heterocycles. The highest BCUT2D eigenvalue weighted by Gasteiger charge is 2.28. The third kappa shape index (κ3) is 3.37. The van der Waals surface area contributed by atoms with Gasteiger partial charge in [0.1, 0.15) is 5.69 Å². The molecule has 1 aliphatic rings. The van der Waals surface area contributed by atoms with Gasteiger partial charge >= 0.3 is 0 Å². The average molecular weight is 332 g/mol. The zero-order valence-corrected chi connectivity index (χ0v) is 14.1. The number of benzene rings is 1. The molecule has 1 aromatic carbocycles. The minimum absolute atomic E-state index is 0.0235. The molecule has 0 aliphatic carbocycles. The number of carbonyl (C=O) groups excluding carboxylic acids is 1. The monoisotopic (exact) mass is 332 g/mol. The van der Waals surface area contributed by atoms with Crippen LogP contribution >= 0.6 is 0 Å². The van der Waals surface area contributed by atoms with E-state index in [0.29, 0.717) is 12.2 Å². The quantitative estimate of drug-likeness (QED) is 0.801. The molecule has 0 spiro atoms. The van der Waals surface area contributed by atoms with Gasteiger partial charge in [0.15, 0.2) is 9.84 Å². The Kier molecular flexibility index (Phi) is 4.10. The van der Waals surface area contributed by atoms with Gasteiger partial charge in [0.25, 0.3) is 5.91 Å². The molecule has 0 bridgehead atoms.